The molecule has 1 aliphatic rings. The smallest absolute Gasteiger partial charge is 0.253 e. The van der Waals surface area contributed by atoms with Crippen molar-refractivity contribution in [1.29, 1.82) is 5.26 Å². The molecule has 0 saturated carbocycles. The predicted octanol–water partition coefficient (Wildman–Crippen LogP) is 0.350. The highest BCUT2D eigenvalue weighted by Crippen LogP contribution is 2.19. The number of likely N-dealkylation sites (tertiary alicyclic amines) is 1. The molecule has 142 valence electrons. The van der Waals surface area contributed by atoms with Crippen molar-refractivity contribution >= 4 is 15.9 Å². The van der Waals surface area contributed by atoms with E-state index in [2.05, 4.69) is 10.8 Å². The summed E-state index contributed by atoms with van der Waals surface area (Å²) in [5, 5.41) is 17.7. The van der Waals surface area contributed by atoms with Crippen LogP contribution in [0.25, 0.3) is 0 Å². The van der Waals surface area contributed by atoms with Crippen LogP contribution in [-0.4, -0.2) is 63.8 Å². The number of ether oxygens (including phenoxy) is 1. The number of nitrogens with zero attached hydrogens (tertiary/aromatic N) is 2. The van der Waals surface area contributed by atoms with E-state index < -0.39 is 10.0 Å². The van der Waals surface area contributed by atoms with Crippen molar-refractivity contribution in [3.8, 4) is 6.07 Å². The molecule has 9 heteroatoms. The zero-order valence-electron chi connectivity index (χ0n) is 14.4. The maximum atomic E-state index is 12.6. The monoisotopic (exact) mass is 381 g/mol. The van der Waals surface area contributed by atoms with E-state index in [9.17, 15) is 13.2 Å². The van der Waals surface area contributed by atoms with Crippen molar-refractivity contribution in [2.24, 2.45) is 5.92 Å². The minimum Gasteiger partial charge on any atom is -0.394 e. The van der Waals surface area contributed by atoms with Crippen LogP contribution in [0.15, 0.2) is 29.2 Å². The highest BCUT2D eigenvalue weighted by Gasteiger charge is 2.25. The number of rotatable bonds is 8. The van der Waals surface area contributed by atoms with Crippen molar-refractivity contribution in [3.63, 3.8) is 0 Å². The van der Waals surface area contributed by atoms with Crippen LogP contribution in [0.2, 0.25) is 0 Å². The molecule has 8 nitrogen and oxygen atoms in total. The predicted molar refractivity (Wildman–Crippen MR) is 93.8 cm³/mol. The molecule has 2 N–H and O–H groups in total. The molecule has 1 saturated heterocycles. The fraction of sp³-hybridized carbons (Fsp3) is 0.529. The average molecular weight is 381 g/mol. The first kappa shape index (κ1) is 20.3. The van der Waals surface area contributed by atoms with Crippen LogP contribution in [0, 0.1) is 17.2 Å². The van der Waals surface area contributed by atoms with Crippen molar-refractivity contribution in [2.75, 3.05) is 39.5 Å². The number of sulfonamides is 1. The molecule has 0 radical (unpaired) electrons. The molecule has 0 aromatic heterocycles. The number of carbonyl (C=O) groups is 1. The Kier molecular flexibility index (Phi) is 7.53. The second-order valence-electron chi connectivity index (χ2n) is 5.98. The SMILES string of the molecule is N#C[C@H]1CCCN(C(=O)c2cccc(S(=O)(=O)NCCOCCO)c2)C1. The van der Waals surface area contributed by atoms with Gasteiger partial charge in [-0.25, -0.2) is 13.1 Å². The highest BCUT2D eigenvalue weighted by molar-refractivity contribution is 7.89. The lowest BCUT2D eigenvalue weighted by atomic mass is 9.99. The molecule has 1 fully saturated rings. The van der Waals surface area contributed by atoms with Gasteiger partial charge in [0.1, 0.15) is 0 Å². The molecule has 0 spiro atoms. The summed E-state index contributed by atoms with van der Waals surface area (Å²) in [5.41, 5.74) is 0.281. The Hall–Kier alpha value is -1.99. The number of piperidine rings is 1. The third kappa shape index (κ3) is 5.51. The molecule has 1 aromatic carbocycles. The van der Waals surface area contributed by atoms with Crippen LogP contribution in [-0.2, 0) is 14.8 Å². The Balaban J connectivity index is 2.04. The molecule has 1 amide bonds. The van der Waals surface area contributed by atoms with E-state index in [1.54, 1.807) is 11.0 Å². The fourth-order valence-electron chi connectivity index (χ4n) is 2.74. The van der Waals surface area contributed by atoms with Gasteiger partial charge in [-0.3, -0.25) is 4.79 Å². The number of carbonyl (C=O) groups excluding carboxylic acids is 1. The Morgan fingerprint density at radius 3 is 2.96 bits per heavy atom. The number of nitriles is 1. The Morgan fingerprint density at radius 1 is 1.42 bits per heavy atom. The topological polar surface area (TPSA) is 120 Å². The van der Waals surface area contributed by atoms with E-state index >= 15 is 0 Å². The van der Waals surface area contributed by atoms with Gasteiger partial charge in [0.25, 0.3) is 5.91 Å². The van der Waals surface area contributed by atoms with Gasteiger partial charge in [0.2, 0.25) is 10.0 Å². The van der Waals surface area contributed by atoms with Crippen molar-refractivity contribution in [3.05, 3.63) is 29.8 Å². The lowest BCUT2D eigenvalue weighted by Gasteiger charge is -2.29. The van der Waals surface area contributed by atoms with Crippen LogP contribution in [0.1, 0.15) is 23.2 Å². The number of hydrogen-bond donors (Lipinski definition) is 2. The number of nitrogens with one attached hydrogen (secondary N) is 1. The number of aliphatic hydroxyl groups excluding tert-OH is 1. The molecule has 1 aliphatic heterocycles. The van der Waals surface area contributed by atoms with E-state index in [4.69, 9.17) is 15.1 Å². The largest absolute Gasteiger partial charge is 0.394 e. The summed E-state index contributed by atoms with van der Waals surface area (Å²) in [6.45, 7) is 1.16. The first-order chi connectivity index (χ1) is 12.5. The van der Waals surface area contributed by atoms with Crippen LogP contribution < -0.4 is 4.72 Å². The lowest BCUT2D eigenvalue weighted by molar-refractivity contribution is 0.0698. The van der Waals surface area contributed by atoms with E-state index in [-0.39, 0.29) is 48.6 Å². The van der Waals surface area contributed by atoms with Gasteiger partial charge < -0.3 is 14.7 Å². The summed E-state index contributed by atoms with van der Waals surface area (Å²) in [5.74, 6) is -0.450. The number of aliphatic hydroxyl groups is 1. The second kappa shape index (κ2) is 9.64. The fourth-order valence-corrected chi connectivity index (χ4v) is 3.80. The van der Waals surface area contributed by atoms with Gasteiger partial charge in [0.05, 0.1) is 36.7 Å². The van der Waals surface area contributed by atoms with Crippen molar-refractivity contribution in [1.82, 2.24) is 9.62 Å². The first-order valence-corrected chi connectivity index (χ1v) is 9.93. The lowest BCUT2D eigenvalue weighted by Crippen LogP contribution is -2.39. The summed E-state index contributed by atoms with van der Waals surface area (Å²) < 4.78 is 32.1. The normalized spacial score (nSPS) is 17.7. The minimum atomic E-state index is -3.77. The van der Waals surface area contributed by atoms with Crippen LogP contribution in [0.3, 0.4) is 0 Å². The number of hydrogen-bond acceptors (Lipinski definition) is 6. The molecule has 2 rings (SSSR count). The highest BCUT2D eigenvalue weighted by atomic mass is 32.2. The Bertz CT molecular complexity index is 760. The molecule has 1 aromatic rings. The Morgan fingerprint density at radius 2 is 2.23 bits per heavy atom. The molecule has 1 heterocycles. The van der Waals surface area contributed by atoms with E-state index in [0.29, 0.717) is 13.1 Å². The van der Waals surface area contributed by atoms with Gasteiger partial charge in [-0.05, 0) is 31.0 Å². The second-order valence-corrected chi connectivity index (χ2v) is 7.75. The summed E-state index contributed by atoms with van der Waals surface area (Å²) in [4.78, 5) is 14.2. The molecule has 0 unspecified atom stereocenters. The van der Waals surface area contributed by atoms with Crippen LogP contribution in [0.4, 0.5) is 0 Å². The average Bonchev–Trinajstić information content (AvgIpc) is 2.67. The number of benzene rings is 1. The van der Waals surface area contributed by atoms with E-state index in [0.717, 1.165) is 12.8 Å². The van der Waals surface area contributed by atoms with Gasteiger partial charge in [-0.2, -0.15) is 5.26 Å². The molecule has 0 aliphatic carbocycles. The third-order valence-electron chi connectivity index (χ3n) is 4.06. The Labute approximate surface area is 153 Å². The van der Waals surface area contributed by atoms with Gasteiger partial charge in [-0.15, -0.1) is 0 Å². The molecule has 1 atom stereocenters. The van der Waals surface area contributed by atoms with Gasteiger partial charge in [0.15, 0.2) is 0 Å². The van der Waals surface area contributed by atoms with Gasteiger partial charge >= 0.3 is 0 Å². The van der Waals surface area contributed by atoms with Crippen LogP contribution in [0.5, 0.6) is 0 Å². The maximum absolute atomic E-state index is 12.6. The summed E-state index contributed by atoms with van der Waals surface area (Å²) in [6, 6.07) is 8.04. The third-order valence-corrected chi connectivity index (χ3v) is 5.52. The van der Waals surface area contributed by atoms with E-state index in [1.807, 2.05) is 0 Å². The molecule has 26 heavy (non-hydrogen) atoms. The zero-order chi connectivity index (χ0) is 19.0. The first-order valence-electron chi connectivity index (χ1n) is 8.45. The van der Waals surface area contributed by atoms with Crippen LogP contribution >= 0.6 is 0 Å². The quantitative estimate of drug-likeness (QED) is 0.627. The maximum Gasteiger partial charge on any atom is 0.253 e. The molecule has 0 bridgehead atoms. The summed E-state index contributed by atoms with van der Waals surface area (Å²) in [7, 11) is -3.77. The van der Waals surface area contributed by atoms with E-state index in [1.165, 1.54) is 18.2 Å². The van der Waals surface area contributed by atoms with Crippen molar-refractivity contribution < 1.29 is 23.1 Å². The number of amides is 1. The zero-order valence-corrected chi connectivity index (χ0v) is 15.2. The summed E-state index contributed by atoms with van der Waals surface area (Å²) in [6.07, 6.45) is 1.54. The molecular formula is C17H23N3O5S. The molecular weight excluding hydrogens is 358 g/mol. The standard InChI is InChI=1S/C17H23N3O5S/c18-12-14-3-2-7-20(13-14)17(22)15-4-1-5-16(11-15)26(23,24)19-6-9-25-10-8-21/h1,4-5,11,14,19,21H,2-3,6-10,13H2/t14-/m1/s1. The van der Waals surface area contributed by atoms with Gasteiger partial charge in [-0.1, -0.05) is 6.07 Å². The summed E-state index contributed by atoms with van der Waals surface area (Å²) >= 11 is 0. The van der Waals surface area contributed by atoms with Crippen molar-refractivity contribution in [2.45, 2.75) is 17.7 Å². The van der Waals surface area contributed by atoms with Gasteiger partial charge in [0, 0.05) is 25.2 Å². The minimum absolute atomic E-state index is 0.000601.